The fraction of sp³-hybridized carbons (Fsp3) is 0.611. The van der Waals surface area contributed by atoms with E-state index in [1.807, 2.05) is 38.1 Å². The van der Waals surface area contributed by atoms with E-state index in [9.17, 15) is 53.7 Å². The molecule has 8 rings (SSSR count). The second-order valence-corrected chi connectivity index (χ2v) is 28.2. The van der Waals surface area contributed by atoms with Gasteiger partial charge < -0.3 is 68.2 Å². The van der Waals surface area contributed by atoms with Crippen molar-refractivity contribution in [1.29, 1.82) is 0 Å². The molecule has 0 aliphatic heterocycles. The predicted octanol–water partition coefficient (Wildman–Crippen LogP) is 6.75. The van der Waals surface area contributed by atoms with Gasteiger partial charge in [-0.25, -0.2) is 9.59 Å². The Morgan fingerprint density at radius 3 is 1.93 bits per heavy atom. The van der Waals surface area contributed by atoms with Crippen molar-refractivity contribution in [3.05, 3.63) is 88.5 Å². The van der Waals surface area contributed by atoms with E-state index < -0.39 is 94.9 Å². The van der Waals surface area contributed by atoms with Crippen LogP contribution in [-0.4, -0.2) is 126 Å². The SMILES string of the molecule is CC(C)[C@H](NC(=O)[C@H](N)CCCCNC(O)COC1C#CCCCCC1)C(=O)NC(CCCNC(N)=O)C(=O)Nc1ccc(COC(=O)N[C@@H](CO)C(=O)Nc2ccc3c(c2)[C@@]2(C)CCC[C@](C)(C(=O)NC(=O)[C@@]4(C)CCC[C@]5(C)c6cc(O)ccc6CC[C@@H]45)[C@@H]2CC3)cc1. The minimum atomic E-state index is -1.39. The number of aryl methyl sites for hydroxylation is 2. The minimum Gasteiger partial charge on any atom is -0.508 e. The summed E-state index contributed by atoms with van der Waals surface area (Å²) >= 11 is 0. The number of urea groups is 1. The predicted molar refractivity (Wildman–Crippen MR) is 360 cm³/mol. The third kappa shape index (κ3) is 18.3. The first-order valence-electron chi connectivity index (χ1n) is 34.3. The number of aromatic hydroxyl groups is 1. The molecule has 23 nitrogen and oxygen atoms in total. The molecule has 3 aromatic carbocycles. The number of anilines is 2. The van der Waals surface area contributed by atoms with E-state index in [-0.39, 0.29) is 73.5 Å². The molecule has 518 valence electrons. The number of aliphatic hydroxyl groups is 2. The standard InChI is InChI=1S/C72H102N10O13/c1-44(2)60(81-61(86)54(73)19-12-13-37-75-59(85)43-94-51-17-10-8-7-9-11-18-51)64(89)79-55(20-14-38-76-67(74)92)62(87)77-48-27-21-45(22-28-48)42-95-68(93)80-56(41-83)63(88)78-49-29-23-46-25-31-57-69(3,52(46)39-49)33-15-35-71(57,5)65(90)82-66(91)72(6)36-16-34-70(4)53-40-50(84)30-24-47(53)26-32-58(70)72/h21-24,27-30,39-40,44,51,54-60,75,83-85H,7-10,12-17,19-20,25-26,31-38,41-43,73H2,1-6H3,(H,77,87)(H,78,88)(H,79,89)(H,80,93)(H,81,86)(H3,74,76,92)(H,82,90,91)/t51?,54-,55?,56+,57-,58-,59?,60+,69-,70-,71+,72+/m1/s1. The molecular formula is C72H102N10O13. The van der Waals surface area contributed by atoms with Gasteiger partial charge in [0.05, 0.1) is 30.1 Å². The maximum Gasteiger partial charge on any atom is 0.408 e. The number of carbonyl (C=O) groups excluding carboxylic acids is 8. The molecule has 95 heavy (non-hydrogen) atoms. The molecule has 15 N–H and O–H groups in total. The summed E-state index contributed by atoms with van der Waals surface area (Å²) in [7, 11) is 0. The number of phenols is 1. The molecule has 0 radical (unpaired) electrons. The van der Waals surface area contributed by atoms with Crippen molar-refractivity contribution >= 4 is 58.9 Å². The fourth-order valence-electron chi connectivity index (χ4n) is 15.7. The van der Waals surface area contributed by atoms with Gasteiger partial charge in [0.1, 0.15) is 42.8 Å². The lowest BCUT2D eigenvalue weighted by atomic mass is 9.49. The van der Waals surface area contributed by atoms with Crippen molar-refractivity contribution < 1.29 is 63.1 Å². The van der Waals surface area contributed by atoms with E-state index in [0.29, 0.717) is 62.0 Å². The molecule has 2 saturated carbocycles. The van der Waals surface area contributed by atoms with Crippen LogP contribution in [0, 0.1) is 40.4 Å². The molecule has 3 aromatic rings. The highest BCUT2D eigenvalue weighted by Crippen LogP contribution is 2.60. The van der Waals surface area contributed by atoms with Crippen LogP contribution in [0.25, 0.3) is 0 Å². The molecule has 0 bridgehead atoms. The zero-order valence-electron chi connectivity index (χ0n) is 56.2. The second kappa shape index (κ2) is 32.9. The number of hydrogen-bond donors (Lipinski definition) is 13. The largest absolute Gasteiger partial charge is 0.508 e. The van der Waals surface area contributed by atoms with E-state index in [1.165, 1.54) is 5.56 Å². The van der Waals surface area contributed by atoms with Crippen LogP contribution < -0.4 is 54.0 Å². The number of hydrogen-bond acceptors (Lipinski definition) is 15. The fourth-order valence-corrected chi connectivity index (χ4v) is 15.7. The Balaban J connectivity index is 0.799. The molecule has 23 heteroatoms. The molecule has 5 aliphatic rings. The third-order valence-electron chi connectivity index (χ3n) is 21.1. The molecule has 0 saturated heterocycles. The summed E-state index contributed by atoms with van der Waals surface area (Å²) in [5.74, 6) is 2.98. The molecular weight excluding hydrogens is 1210 g/mol. The number of alkyl carbamates (subject to hydrolysis) is 1. The Bertz CT molecular complexity index is 3300. The summed E-state index contributed by atoms with van der Waals surface area (Å²) in [6, 6.07) is 12.3. The van der Waals surface area contributed by atoms with Gasteiger partial charge in [0.15, 0.2) is 0 Å². The second-order valence-electron chi connectivity index (χ2n) is 28.2. The van der Waals surface area contributed by atoms with Crippen LogP contribution in [0.2, 0.25) is 0 Å². The lowest BCUT2D eigenvalue weighted by molar-refractivity contribution is -0.150. The monoisotopic (exact) mass is 1310 g/mol. The number of unbranched alkanes of at least 4 members (excludes halogenated alkanes) is 1. The van der Waals surface area contributed by atoms with E-state index in [4.69, 9.17) is 20.9 Å². The van der Waals surface area contributed by atoms with Crippen molar-refractivity contribution in [3.63, 3.8) is 0 Å². The van der Waals surface area contributed by atoms with Crippen molar-refractivity contribution in [2.45, 2.75) is 224 Å². The highest BCUT2D eigenvalue weighted by atomic mass is 16.5. The first-order valence-corrected chi connectivity index (χ1v) is 34.3. The number of aliphatic hydroxyl groups excluding tert-OH is 2. The number of rotatable bonds is 28. The topological polar surface area (TPSA) is 364 Å². The van der Waals surface area contributed by atoms with Crippen LogP contribution in [0.5, 0.6) is 5.75 Å². The lowest BCUT2D eigenvalue weighted by Crippen LogP contribution is -2.60. The lowest BCUT2D eigenvalue weighted by Gasteiger charge is -2.56. The summed E-state index contributed by atoms with van der Waals surface area (Å²) in [5, 5.41) is 53.3. The maximum atomic E-state index is 14.8. The number of imide groups is 1. The number of fused-ring (bicyclic) bond motifs is 6. The van der Waals surface area contributed by atoms with E-state index in [0.717, 1.165) is 93.7 Å². The number of benzene rings is 3. The number of phenolic OH excluding ortho intramolecular Hbond substituents is 1. The molecule has 12 atom stereocenters. The molecule has 9 amide bonds. The minimum absolute atomic E-state index is 0.0135. The Kier molecular flexibility index (Phi) is 25.3. The Labute approximate surface area is 558 Å². The Morgan fingerprint density at radius 2 is 1.28 bits per heavy atom. The zero-order chi connectivity index (χ0) is 68.7. The number of ether oxygens (including phenoxy) is 2. The van der Waals surface area contributed by atoms with Crippen LogP contribution >= 0.6 is 0 Å². The van der Waals surface area contributed by atoms with Gasteiger partial charge in [-0.3, -0.25) is 39.4 Å². The van der Waals surface area contributed by atoms with Gasteiger partial charge in [0.2, 0.25) is 35.4 Å². The normalized spacial score (nSPS) is 25.1. The van der Waals surface area contributed by atoms with Gasteiger partial charge in [-0.15, -0.1) is 5.92 Å². The first kappa shape index (κ1) is 73.2. The first-order chi connectivity index (χ1) is 45.3. The molecule has 2 fully saturated rings. The number of nitrogens with two attached hydrogens (primary N) is 2. The molecule has 0 heterocycles. The summed E-state index contributed by atoms with van der Waals surface area (Å²) < 4.78 is 11.2. The van der Waals surface area contributed by atoms with Crippen molar-refractivity contribution in [2.75, 3.05) is 36.9 Å². The number of carbonyl (C=O) groups is 8. The summed E-state index contributed by atoms with van der Waals surface area (Å²) in [4.78, 5) is 109. The summed E-state index contributed by atoms with van der Waals surface area (Å²) in [6.07, 6.45) is 12.3. The van der Waals surface area contributed by atoms with Crippen LogP contribution in [0.4, 0.5) is 21.0 Å². The molecule has 3 unspecified atom stereocenters. The summed E-state index contributed by atoms with van der Waals surface area (Å²) in [5.41, 5.74) is 14.7. The van der Waals surface area contributed by atoms with Gasteiger partial charge in [-0.2, -0.15) is 0 Å². The number of nitrogens with one attached hydrogen (secondary N) is 8. The van der Waals surface area contributed by atoms with Gasteiger partial charge in [0.25, 0.3) is 0 Å². The number of primary amides is 1. The zero-order valence-corrected chi connectivity index (χ0v) is 56.2. The van der Waals surface area contributed by atoms with Gasteiger partial charge in [-0.1, -0.05) is 97.4 Å². The maximum absolute atomic E-state index is 14.8. The number of amides is 9. The Hall–Kier alpha value is -7.62. The highest BCUT2D eigenvalue weighted by molar-refractivity contribution is 6.01. The van der Waals surface area contributed by atoms with Gasteiger partial charge >= 0.3 is 12.1 Å². The molecule has 0 spiro atoms. The third-order valence-corrected chi connectivity index (χ3v) is 21.1. The van der Waals surface area contributed by atoms with Crippen molar-refractivity contribution in [3.8, 4) is 17.6 Å². The smallest absolute Gasteiger partial charge is 0.408 e. The Morgan fingerprint density at radius 1 is 0.663 bits per heavy atom. The van der Waals surface area contributed by atoms with E-state index >= 15 is 0 Å². The van der Waals surface area contributed by atoms with Crippen LogP contribution in [0.1, 0.15) is 185 Å². The van der Waals surface area contributed by atoms with Gasteiger partial charge in [0, 0.05) is 24.3 Å². The molecule has 5 aliphatic carbocycles. The van der Waals surface area contributed by atoms with Crippen molar-refractivity contribution in [1.82, 2.24) is 31.9 Å². The van der Waals surface area contributed by atoms with E-state index in [1.54, 1.807) is 50.2 Å². The van der Waals surface area contributed by atoms with Crippen LogP contribution in [0.15, 0.2) is 60.7 Å². The summed E-state index contributed by atoms with van der Waals surface area (Å²) in [6.45, 7) is 11.6. The average Bonchev–Trinajstić information content (AvgIpc) is 0.729. The van der Waals surface area contributed by atoms with Gasteiger partial charge in [-0.05, 0) is 196 Å². The quantitative estimate of drug-likeness (QED) is 0.0155. The van der Waals surface area contributed by atoms with E-state index in [2.05, 4.69) is 68.2 Å². The van der Waals surface area contributed by atoms with Crippen LogP contribution in [0.3, 0.4) is 0 Å². The van der Waals surface area contributed by atoms with Crippen molar-refractivity contribution in [2.24, 2.45) is 40.1 Å². The highest BCUT2D eigenvalue weighted by Gasteiger charge is 2.58. The molecule has 0 aromatic heterocycles. The average molecular weight is 1320 g/mol. The van der Waals surface area contributed by atoms with Crippen LogP contribution in [-0.2, 0) is 68.5 Å².